The molecule has 0 spiro atoms. The van der Waals surface area contributed by atoms with E-state index in [1.165, 1.54) is 0 Å². The van der Waals surface area contributed by atoms with E-state index in [1.807, 2.05) is 55.5 Å². The van der Waals surface area contributed by atoms with Gasteiger partial charge in [-0.05, 0) is 41.0 Å². The summed E-state index contributed by atoms with van der Waals surface area (Å²) in [5.41, 5.74) is 2.13. The van der Waals surface area contributed by atoms with E-state index in [2.05, 4.69) is 5.32 Å². The van der Waals surface area contributed by atoms with Crippen molar-refractivity contribution in [2.24, 2.45) is 0 Å². The fourth-order valence-electron chi connectivity index (χ4n) is 2.55. The van der Waals surface area contributed by atoms with Crippen molar-refractivity contribution in [2.75, 3.05) is 5.32 Å². The summed E-state index contributed by atoms with van der Waals surface area (Å²) in [5.74, 6) is -0.311. The number of nitrogens with one attached hydrogen (secondary N) is 1. The monoisotopic (exact) mass is 291 g/mol. The normalized spacial score (nSPS) is 10.6. The lowest BCUT2D eigenvalue weighted by Crippen LogP contribution is -2.13. The summed E-state index contributed by atoms with van der Waals surface area (Å²) in [6.45, 7) is 2.04. The standard InChI is InChI=1S/C19H17NO2/c1-2-13-7-5-6-10-17(13)20-19(22)16-11-14-8-3-4-9-15(14)12-18(16)21/h3-12,21H,2H2,1H3,(H,20,22). The van der Waals surface area contributed by atoms with Crippen LogP contribution in [0.2, 0.25) is 0 Å². The predicted octanol–water partition coefficient (Wildman–Crippen LogP) is 4.36. The fraction of sp³-hybridized carbons (Fsp3) is 0.105. The lowest BCUT2D eigenvalue weighted by atomic mass is 10.0. The summed E-state index contributed by atoms with van der Waals surface area (Å²) in [6, 6.07) is 18.7. The Labute approximate surface area is 129 Å². The largest absolute Gasteiger partial charge is 0.507 e. The molecule has 3 rings (SSSR count). The highest BCUT2D eigenvalue weighted by Crippen LogP contribution is 2.26. The third kappa shape index (κ3) is 2.66. The zero-order chi connectivity index (χ0) is 15.5. The van der Waals surface area contributed by atoms with Gasteiger partial charge in [0, 0.05) is 5.69 Å². The Balaban J connectivity index is 1.97. The van der Waals surface area contributed by atoms with Crippen molar-refractivity contribution in [1.29, 1.82) is 0 Å². The third-order valence-corrected chi connectivity index (χ3v) is 3.76. The molecule has 0 aliphatic heterocycles. The first-order chi connectivity index (χ1) is 10.7. The summed E-state index contributed by atoms with van der Waals surface area (Å²) in [7, 11) is 0. The Kier molecular flexibility index (Phi) is 3.79. The molecule has 1 amide bonds. The summed E-state index contributed by atoms with van der Waals surface area (Å²) in [4.78, 5) is 12.5. The number of phenolic OH excluding ortho intramolecular Hbond substituents is 1. The van der Waals surface area contributed by atoms with Gasteiger partial charge in [0.1, 0.15) is 5.75 Å². The van der Waals surface area contributed by atoms with E-state index in [0.29, 0.717) is 0 Å². The second-order valence-electron chi connectivity index (χ2n) is 5.18. The van der Waals surface area contributed by atoms with E-state index in [1.54, 1.807) is 12.1 Å². The lowest BCUT2D eigenvalue weighted by Gasteiger charge is -2.11. The second kappa shape index (κ2) is 5.90. The van der Waals surface area contributed by atoms with Gasteiger partial charge in [-0.2, -0.15) is 0 Å². The number of anilines is 1. The number of fused-ring (bicyclic) bond motifs is 1. The molecule has 0 saturated heterocycles. The maximum absolute atomic E-state index is 12.5. The van der Waals surface area contributed by atoms with Gasteiger partial charge in [0.25, 0.3) is 5.91 Å². The Morgan fingerprint density at radius 1 is 1.00 bits per heavy atom. The molecule has 0 aromatic heterocycles. The molecule has 3 aromatic rings. The number of para-hydroxylation sites is 1. The van der Waals surface area contributed by atoms with Crippen LogP contribution in [-0.4, -0.2) is 11.0 Å². The van der Waals surface area contributed by atoms with Crippen molar-refractivity contribution in [2.45, 2.75) is 13.3 Å². The summed E-state index contributed by atoms with van der Waals surface area (Å²) >= 11 is 0. The van der Waals surface area contributed by atoms with Crippen molar-refractivity contribution < 1.29 is 9.90 Å². The summed E-state index contributed by atoms with van der Waals surface area (Å²) in [5, 5.41) is 14.8. The molecule has 0 aliphatic carbocycles. The number of hydrogen-bond donors (Lipinski definition) is 2. The van der Waals surface area contributed by atoms with Crippen molar-refractivity contribution in [3.05, 3.63) is 71.8 Å². The van der Waals surface area contributed by atoms with Crippen molar-refractivity contribution >= 4 is 22.4 Å². The number of carbonyl (C=O) groups is 1. The molecule has 22 heavy (non-hydrogen) atoms. The Morgan fingerprint density at radius 3 is 2.36 bits per heavy atom. The average Bonchev–Trinajstić information content (AvgIpc) is 2.54. The first-order valence-electron chi connectivity index (χ1n) is 7.30. The zero-order valence-corrected chi connectivity index (χ0v) is 12.3. The molecule has 0 aliphatic rings. The first kappa shape index (κ1) is 14.1. The second-order valence-corrected chi connectivity index (χ2v) is 5.18. The van der Waals surface area contributed by atoms with Crippen LogP contribution in [0.4, 0.5) is 5.69 Å². The van der Waals surface area contributed by atoms with E-state index in [4.69, 9.17) is 0 Å². The highest BCUT2D eigenvalue weighted by molar-refractivity contribution is 6.08. The molecule has 0 heterocycles. The minimum atomic E-state index is -0.302. The quantitative estimate of drug-likeness (QED) is 0.753. The third-order valence-electron chi connectivity index (χ3n) is 3.76. The molecule has 0 atom stereocenters. The van der Waals surface area contributed by atoms with Crippen LogP contribution < -0.4 is 5.32 Å². The molecule has 0 bridgehead atoms. The molecule has 3 heteroatoms. The molecule has 110 valence electrons. The molecule has 3 nitrogen and oxygen atoms in total. The van der Waals surface area contributed by atoms with E-state index in [9.17, 15) is 9.90 Å². The van der Waals surface area contributed by atoms with Gasteiger partial charge in [-0.3, -0.25) is 4.79 Å². The number of aromatic hydroxyl groups is 1. The van der Waals surface area contributed by atoms with Crippen LogP contribution in [0.1, 0.15) is 22.8 Å². The van der Waals surface area contributed by atoms with Gasteiger partial charge in [-0.25, -0.2) is 0 Å². The lowest BCUT2D eigenvalue weighted by molar-refractivity contribution is 0.102. The zero-order valence-electron chi connectivity index (χ0n) is 12.3. The Bertz CT molecular complexity index is 840. The molecule has 3 aromatic carbocycles. The van der Waals surface area contributed by atoms with E-state index < -0.39 is 0 Å². The van der Waals surface area contributed by atoms with Crippen LogP contribution in [-0.2, 0) is 6.42 Å². The number of carbonyl (C=O) groups excluding carboxylic acids is 1. The van der Waals surface area contributed by atoms with E-state index >= 15 is 0 Å². The molecule has 0 fully saturated rings. The van der Waals surface area contributed by atoms with Crippen molar-refractivity contribution in [3.63, 3.8) is 0 Å². The maximum Gasteiger partial charge on any atom is 0.259 e. The number of hydrogen-bond acceptors (Lipinski definition) is 2. The minimum Gasteiger partial charge on any atom is -0.507 e. The molecule has 0 saturated carbocycles. The highest BCUT2D eigenvalue weighted by Gasteiger charge is 2.13. The van der Waals surface area contributed by atoms with Gasteiger partial charge in [0.2, 0.25) is 0 Å². The van der Waals surface area contributed by atoms with Crippen LogP contribution in [0.15, 0.2) is 60.7 Å². The highest BCUT2D eigenvalue weighted by atomic mass is 16.3. The van der Waals surface area contributed by atoms with Crippen LogP contribution in [0, 0.1) is 0 Å². The molecule has 2 N–H and O–H groups in total. The topological polar surface area (TPSA) is 49.3 Å². The van der Waals surface area contributed by atoms with Crippen molar-refractivity contribution in [3.8, 4) is 5.75 Å². The van der Waals surface area contributed by atoms with Crippen molar-refractivity contribution in [1.82, 2.24) is 0 Å². The van der Waals surface area contributed by atoms with Crippen LogP contribution >= 0.6 is 0 Å². The first-order valence-corrected chi connectivity index (χ1v) is 7.30. The van der Waals surface area contributed by atoms with Gasteiger partial charge in [-0.1, -0.05) is 49.4 Å². The van der Waals surface area contributed by atoms with Crippen LogP contribution in [0.3, 0.4) is 0 Å². The van der Waals surface area contributed by atoms with Gasteiger partial charge in [0.05, 0.1) is 5.56 Å². The Hall–Kier alpha value is -2.81. The van der Waals surface area contributed by atoms with E-state index in [0.717, 1.165) is 28.4 Å². The number of phenols is 1. The van der Waals surface area contributed by atoms with Gasteiger partial charge >= 0.3 is 0 Å². The number of benzene rings is 3. The number of aryl methyl sites for hydroxylation is 1. The average molecular weight is 291 g/mol. The minimum absolute atomic E-state index is 0.00909. The number of rotatable bonds is 3. The van der Waals surface area contributed by atoms with E-state index in [-0.39, 0.29) is 17.2 Å². The SMILES string of the molecule is CCc1ccccc1NC(=O)c1cc2ccccc2cc1O. The molecule has 0 unspecified atom stereocenters. The molecular weight excluding hydrogens is 274 g/mol. The molecular formula is C19H17NO2. The summed E-state index contributed by atoms with van der Waals surface area (Å²) in [6.07, 6.45) is 0.833. The van der Waals surface area contributed by atoms with Crippen LogP contribution in [0.25, 0.3) is 10.8 Å². The van der Waals surface area contributed by atoms with Gasteiger partial charge < -0.3 is 10.4 Å². The predicted molar refractivity (Wildman–Crippen MR) is 89.4 cm³/mol. The smallest absolute Gasteiger partial charge is 0.259 e. The Morgan fingerprint density at radius 2 is 1.64 bits per heavy atom. The van der Waals surface area contributed by atoms with Crippen LogP contribution in [0.5, 0.6) is 5.75 Å². The fourth-order valence-corrected chi connectivity index (χ4v) is 2.55. The number of amides is 1. The molecule has 0 radical (unpaired) electrons. The maximum atomic E-state index is 12.5. The van der Waals surface area contributed by atoms with Gasteiger partial charge in [-0.15, -0.1) is 0 Å². The summed E-state index contributed by atoms with van der Waals surface area (Å²) < 4.78 is 0. The van der Waals surface area contributed by atoms with Gasteiger partial charge in [0.15, 0.2) is 0 Å².